The van der Waals surface area contributed by atoms with Crippen molar-refractivity contribution in [1.82, 2.24) is 5.32 Å². The summed E-state index contributed by atoms with van der Waals surface area (Å²) in [5.74, 6) is -0.234. The number of methoxy groups -OCH3 is 1. The van der Waals surface area contributed by atoms with Crippen LogP contribution in [-0.4, -0.2) is 30.3 Å². The Bertz CT molecular complexity index is 421. The highest BCUT2D eigenvalue weighted by Crippen LogP contribution is 2.28. The van der Waals surface area contributed by atoms with E-state index in [0.29, 0.717) is 6.54 Å². The lowest BCUT2D eigenvalue weighted by molar-refractivity contribution is 0.0562. The normalized spacial score (nSPS) is 18.2. The summed E-state index contributed by atoms with van der Waals surface area (Å²) in [6, 6.07) is 1.76. The number of aliphatic hydroxyl groups is 1. The fraction of sp³-hybridized carbons (Fsp3) is 0.643. The topological polar surface area (TPSA) is 71.7 Å². The zero-order valence-electron chi connectivity index (χ0n) is 11.3. The molecule has 0 aliphatic heterocycles. The molecule has 1 aliphatic carbocycles. The summed E-state index contributed by atoms with van der Waals surface area (Å²) in [7, 11) is 1.33. The van der Waals surface area contributed by atoms with Gasteiger partial charge in [-0.3, -0.25) is 0 Å². The molecule has 1 aromatic heterocycles. The largest absolute Gasteiger partial charge is 0.463 e. The van der Waals surface area contributed by atoms with Gasteiger partial charge in [0.1, 0.15) is 0 Å². The molecule has 0 radical (unpaired) electrons. The van der Waals surface area contributed by atoms with Gasteiger partial charge in [-0.25, -0.2) is 4.79 Å². The molecule has 5 nitrogen and oxygen atoms in total. The maximum Gasteiger partial charge on any atom is 0.374 e. The second-order valence-corrected chi connectivity index (χ2v) is 5.12. The lowest BCUT2D eigenvalue weighted by Gasteiger charge is -2.36. The van der Waals surface area contributed by atoms with Crippen LogP contribution in [0.4, 0.5) is 0 Å². The SMILES string of the molecule is COC(=O)c1occc1CNC1(CO)CCCCC1. The van der Waals surface area contributed by atoms with Gasteiger partial charge in [0.25, 0.3) is 0 Å². The zero-order valence-corrected chi connectivity index (χ0v) is 11.3. The molecular weight excluding hydrogens is 246 g/mol. The maximum atomic E-state index is 11.5. The van der Waals surface area contributed by atoms with E-state index >= 15 is 0 Å². The van der Waals surface area contributed by atoms with E-state index in [1.54, 1.807) is 6.07 Å². The Morgan fingerprint density at radius 1 is 1.47 bits per heavy atom. The molecule has 0 bridgehead atoms. The van der Waals surface area contributed by atoms with Crippen LogP contribution in [-0.2, 0) is 11.3 Å². The van der Waals surface area contributed by atoms with Crippen LogP contribution in [0.3, 0.4) is 0 Å². The molecule has 5 heteroatoms. The molecule has 1 aromatic rings. The van der Waals surface area contributed by atoms with E-state index in [1.165, 1.54) is 19.8 Å². The molecule has 2 rings (SSSR count). The van der Waals surface area contributed by atoms with Crippen LogP contribution in [0.5, 0.6) is 0 Å². The van der Waals surface area contributed by atoms with Gasteiger partial charge >= 0.3 is 5.97 Å². The monoisotopic (exact) mass is 267 g/mol. The Morgan fingerprint density at radius 3 is 2.84 bits per heavy atom. The molecule has 0 unspecified atom stereocenters. The molecular formula is C14H21NO4. The lowest BCUT2D eigenvalue weighted by atomic mass is 9.82. The Hall–Kier alpha value is -1.33. The molecule has 0 atom stereocenters. The average molecular weight is 267 g/mol. The summed E-state index contributed by atoms with van der Waals surface area (Å²) in [4.78, 5) is 11.5. The summed E-state index contributed by atoms with van der Waals surface area (Å²) in [5.41, 5.74) is 0.549. The van der Waals surface area contributed by atoms with E-state index < -0.39 is 5.97 Å². The van der Waals surface area contributed by atoms with Crippen molar-refractivity contribution in [3.8, 4) is 0 Å². The van der Waals surface area contributed by atoms with Crippen LogP contribution in [0.25, 0.3) is 0 Å². The van der Waals surface area contributed by atoms with Crippen molar-refractivity contribution in [3.63, 3.8) is 0 Å². The Labute approximate surface area is 112 Å². The van der Waals surface area contributed by atoms with Crippen molar-refractivity contribution in [3.05, 3.63) is 23.7 Å². The first-order valence-electron chi connectivity index (χ1n) is 6.71. The first-order valence-corrected chi connectivity index (χ1v) is 6.71. The van der Waals surface area contributed by atoms with E-state index in [4.69, 9.17) is 4.42 Å². The van der Waals surface area contributed by atoms with Gasteiger partial charge in [0.15, 0.2) is 0 Å². The van der Waals surface area contributed by atoms with Gasteiger partial charge in [-0.05, 0) is 18.9 Å². The molecule has 0 saturated heterocycles. The number of esters is 1. The van der Waals surface area contributed by atoms with Crippen molar-refractivity contribution in [2.45, 2.75) is 44.2 Å². The number of aliphatic hydroxyl groups excluding tert-OH is 1. The van der Waals surface area contributed by atoms with Gasteiger partial charge in [-0.15, -0.1) is 0 Å². The third kappa shape index (κ3) is 3.16. The van der Waals surface area contributed by atoms with Crippen LogP contribution in [0.1, 0.15) is 48.2 Å². The molecule has 106 valence electrons. The van der Waals surface area contributed by atoms with Gasteiger partial charge in [0.05, 0.1) is 20.0 Å². The average Bonchev–Trinajstić information content (AvgIpc) is 2.94. The fourth-order valence-corrected chi connectivity index (χ4v) is 2.65. The van der Waals surface area contributed by atoms with Crippen molar-refractivity contribution < 1.29 is 19.1 Å². The van der Waals surface area contributed by atoms with Crippen molar-refractivity contribution >= 4 is 5.97 Å². The highest BCUT2D eigenvalue weighted by molar-refractivity contribution is 5.87. The van der Waals surface area contributed by atoms with Crippen LogP contribution in [0.15, 0.2) is 16.7 Å². The second kappa shape index (κ2) is 6.21. The van der Waals surface area contributed by atoms with Crippen LogP contribution in [0, 0.1) is 0 Å². The third-order valence-electron chi connectivity index (χ3n) is 3.88. The Kier molecular flexibility index (Phi) is 4.61. The highest BCUT2D eigenvalue weighted by atomic mass is 16.5. The number of furan rings is 1. The number of nitrogens with one attached hydrogen (secondary N) is 1. The number of hydrogen-bond acceptors (Lipinski definition) is 5. The summed E-state index contributed by atoms with van der Waals surface area (Å²) < 4.78 is 9.82. The molecule has 1 heterocycles. The van der Waals surface area contributed by atoms with Crippen LogP contribution in [0.2, 0.25) is 0 Å². The molecule has 0 amide bonds. The van der Waals surface area contributed by atoms with E-state index in [2.05, 4.69) is 10.1 Å². The summed E-state index contributed by atoms with van der Waals surface area (Å²) in [6.45, 7) is 0.625. The van der Waals surface area contributed by atoms with Gasteiger partial charge in [0, 0.05) is 17.6 Å². The second-order valence-electron chi connectivity index (χ2n) is 5.12. The summed E-state index contributed by atoms with van der Waals surface area (Å²) >= 11 is 0. The minimum Gasteiger partial charge on any atom is -0.463 e. The van der Waals surface area contributed by atoms with E-state index in [9.17, 15) is 9.90 Å². The van der Waals surface area contributed by atoms with Crippen molar-refractivity contribution in [1.29, 1.82) is 0 Å². The van der Waals surface area contributed by atoms with Crippen LogP contribution < -0.4 is 5.32 Å². The van der Waals surface area contributed by atoms with E-state index in [0.717, 1.165) is 31.2 Å². The fourth-order valence-electron chi connectivity index (χ4n) is 2.65. The molecule has 1 aliphatic rings. The van der Waals surface area contributed by atoms with Crippen LogP contribution >= 0.6 is 0 Å². The van der Waals surface area contributed by atoms with E-state index in [1.807, 2.05) is 0 Å². The molecule has 1 fully saturated rings. The predicted molar refractivity (Wildman–Crippen MR) is 69.8 cm³/mol. The lowest BCUT2D eigenvalue weighted by Crippen LogP contribution is -2.49. The highest BCUT2D eigenvalue weighted by Gasteiger charge is 2.31. The third-order valence-corrected chi connectivity index (χ3v) is 3.88. The van der Waals surface area contributed by atoms with Crippen molar-refractivity contribution in [2.75, 3.05) is 13.7 Å². The molecule has 19 heavy (non-hydrogen) atoms. The smallest absolute Gasteiger partial charge is 0.374 e. The molecule has 1 saturated carbocycles. The van der Waals surface area contributed by atoms with Gasteiger partial charge in [-0.2, -0.15) is 0 Å². The van der Waals surface area contributed by atoms with Gasteiger partial charge in [0.2, 0.25) is 5.76 Å². The summed E-state index contributed by atoms with van der Waals surface area (Å²) in [5, 5.41) is 13.0. The van der Waals surface area contributed by atoms with Gasteiger partial charge < -0.3 is 19.6 Å². The standard InChI is InChI=1S/C14H21NO4/c1-18-13(17)12-11(5-8-19-12)9-15-14(10-16)6-3-2-4-7-14/h5,8,15-16H,2-4,6-7,9-10H2,1H3. The quantitative estimate of drug-likeness (QED) is 0.797. The number of ether oxygens (including phenoxy) is 1. The first-order chi connectivity index (χ1) is 9.21. The minimum absolute atomic E-state index is 0.123. The predicted octanol–water partition coefficient (Wildman–Crippen LogP) is 1.85. The zero-order chi connectivity index (χ0) is 13.7. The van der Waals surface area contributed by atoms with E-state index in [-0.39, 0.29) is 17.9 Å². The molecule has 0 aromatic carbocycles. The number of carbonyl (C=O) groups is 1. The number of hydrogen-bond donors (Lipinski definition) is 2. The van der Waals surface area contributed by atoms with Crippen molar-refractivity contribution in [2.24, 2.45) is 0 Å². The van der Waals surface area contributed by atoms with Gasteiger partial charge in [-0.1, -0.05) is 19.3 Å². The molecule has 2 N–H and O–H groups in total. The Morgan fingerprint density at radius 2 is 2.21 bits per heavy atom. The maximum absolute atomic E-state index is 11.5. The minimum atomic E-state index is -0.469. The summed E-state index contributed by atoms with van der Waals surface area (Å²) in [6.07, 6.45) is 6.90. The molecule has 0 spiro atoms. The Balaban J connectivity index is 2.01. The number of carbonyl (C=O) groups excluding carboxylic acids is 1. The number of rotatable bonds is 5. The first kappa shape index (κ1) is 14.1.